The maximum atomic E-state index is 4.82. The fraction of sp³-hybridized carbons (Fsp3) is 0.571. The van der Waals surface area contributed by atoms with Gasteiger partial charge >= 0.3 is 0 Å². The molecule has 136 valence electrons. The summed E-state index contributed by atoms with van der Waals surface area (Å²) in [5, 5.41) is 3.33. The van der Waals surface area contributed by atoms with Crippen LogP contribution >= 0.6 is 11.3 Å². The zero-order valence-electron chi connectivity index (χ0n) is 16.1. The molecule has 1 aliphatic heterocycles. The van der Waals surface area contributed by atoms with Gasteiger partial charge in [0.2, 0.25) is 0 Å². The van der Waals surface area contributed by atoms with Gasteiger partial charge in [0.25, 0.3) is 0 Å². The number of aryl methyl sites for hydroxylation is 1. The van der Waals surface area contributed by atoms with Crippen molar-refractivity contribution in [2.45, 2.75) is 39.0 Å². The average Bonchev–Trinajstić information content (AvgIpc) is 3.08. The Kier molecular flexibility index (Phi) is 5.92. The third kappa shape index (κ3) is 5.13. The summed E-state index contributed by atoms with van der Waals surface area (Å²) in [5.41, 5.74) is 3.98. The Morgan fingerprint density at radius 1 is 1.04 bits per heavy atom. The molecule has 2 aromatic rings. The van der Waals surface area contributed by atoms with Crippen LogP contribution in [0.2, 0.25) is 0 Å². The molecule has 1 aliphatic rings. The molecule has 0 unspecified atom stereocenters. The number of hydrogen-bond donors (Lipinski definition) is 0. The summed E-state index contributed by atoms with van der Waals surface area (Å²) in [6, 6.07) is 9.02. The SMILES string of the molecule is CN1CCN(CCCc2ccc(-c3nc(C(C)(C)C)cs3)cc2)CC1. The van der Waals surface area contributed by atoms with Gasteiger partial charge in [-0.15, -0.1) is 11.3 Å². The maximum absolute atomic E-state index is 4.82. The number of benzene rings is 1. The largest absolute Gasteiger partial charge is 0.304 e. The van der Waals surface area contributed by atoms with Crippen molar-refractivity contribution in [3.05, 3.63) is 40.9 Å². The molecule has 0 aliphatic carbocycles. The van der Waals surface area contributed by atoms with Crippen LogP contribution in [0.1, 0.15) is 38.4 Å². The van der Waals surface area contributed by atoms with Crippen molar-refractivity contribution >= 4 is 11.3 Å². The Hall–Kier alpha value is -1.23. The lowest BCUT2D eigenvalue weighted by Gasteiger charge is -2.32. The number of aromatic nitrogens is 1. The van der Waals surface area contributed by atoms with Gasteiger partial charge in [0.05, 0.1) is 5.69 Å². The van der Waals surface area contributed by atoms with Gasteiger partial charge in [0, 0.05) is 42.5 Å². The van der Waals surface area contributed by atoms with Crippen molar-refractivity contribution in [1.82, 2.24) is 14.8 Å². The number of rotatable bonds is 5. The Labute approximate surface area is 156 Å². The Morgan fingerprint density at radius 3 is 2.32 bits per heavy atom. The van der Waals surface area contributed by atoms with Crippen molar-refractivity contribution in [2.24, 2.45) is 0 Å². The van der Waals surface area contributed by atoms with E-state index in [9.17, 15) is 0 Å². The molecule has 0 N–H and O–H groups in total. The average molecular weight is 358 g/mol. The van der Waals surface area contributed by atoms with Crippen molar-refractivity contribution in [3.63, 3.8) is 0 Å². The monoisotopic (exact) mass is 357 g/mol. The predicted octanol–water partition coefficient (Wildman–Crippen LogP) is 4.29. The van der Waals surface area contributed by atoms with Gasteiger partial charge in [-0.2, -0.15) is 0 Å². The Morgan fingerprint density at radius 2 is 1.72 bits per heavy atom. The van der Waals surface area contributed by atoms with E-state index in [1.54, 1.807) is 11.3 Å². The van der Waals surface area contributed by atoms with Crippen molar-refractivity contribution in [3.8, 4) is 10.6 Å². The molecule has 0 amide bonds. The lowest BCUT2D eigenvalue weighted by molar-refractivity contribution is 0.153. The second-order valence-electron chi connectivity index (χ2n) is 8.23. The highest BCUT2D eigenvalue weighted by molar-refractivity contribution is 7.13. The van der Waals surface area contributed by atoms with Crippen LogP contribution in [0.15, 0.2) is 29.6 Å². The molecule has 1 saturated heterocycles. The van der Waals surface area contributed by atoms with E-state index in [-0.39, 0.29) is 5.41 Å². The zero-order valence-corrected chi connectivity index (χ0v) is 16.9. The van der Waals surface area contributed by atoms with Gasteiger partial charge in [0.15, 0.2) is 0 Å². The molecule has 0 spiro atoms. The second kappa shape index (κ2) is 7.98. The lowest BCUT2D eigenvalue weighted by Crippen LogP contribution is -2.44. The smallest absolute Gasteiger partial charge is 0.123 e. The standard InChI is InChI=1S/C21H31N3S/c1-21(2,3)19-16-25-20(22-19)18-9-7-17(8-10-18)6-5-11-24-14-12-23(4)13-15-24/h7-10,16H,5-6,11-15H2,1-4H3. The van der Waals surface area contributed by atoms with E-state index in [1.165, 1.54) is 56.0 Å². The van der Waals surface area contributed by atoms with E-state index in [2.05, 4.69) is 67.3 Å². The van der Waals surface area contributed by atoms with Gasteiger partial charge in [-0.1, -0.05) is 45.0 Å². The first kappa shape index (κ1) is 18.6. The highest BCUT2D eigenvalue weighted by Gasteiger charge is 2.18. The molecule has 25 heavy (non-hydrogen) atoms. The molecule has 4 heteroatoms. The normalized spacial score (nSPS) is 17.1. The van der Waals surface area contributed by atoms with Crippen LogP contribution < -0.4 is 0 Å². The summed E-state index contributed by atoms with van der Waals surface area (Å²) in [4.78, 5) is 9.83. The van der Waals surface area contributed by atoms with Crippen LogP contribution in [-0.2, 0) is 11.8 Å². The molecular weight excluding hydrogens is 326 g/mol. The number of thiazole rings is 1. The summed E-state index contributed by atoms with van der Waals surface area (Å²) >= 11 is 1.75. The predicted molar refractivity (Wildman–Crippen MR) is 109 cm³/mol. The fourth-order valence-electron chi connectivity index (χ4n) is 3.14. The maximum Gasteiger partial charge on any atom is 0.123 e. The first-order valence-corrected chi connectivity index (χ1v) is 10.3. The van der Waals surface area contributed by atoms with E-state index in [0.717, 1.165) is 11.4 Å². The van der Waals surface area contributed by atoms with Crippen LogP contribution in [0.5, 0.6) is 0 Å². The van der Waals surface area contributed by atoms with Gasteiger partial charge in [-0.05, 0) is 32.0 Å². The summed E-state index contributed by atoms with van der Waals surface area (Å²) in [6.07, 6.45) is 2.41. The third-order valence-electron chi connectivity index (χ3n) is 5.01. The van der Waals surface area contributed by atoms with Crippen molar-refractivity contribution in [1.29, 1.82) is 0 Å². The van der Waals surface area contributed by atoms with Crippen LogP contribution in [0.4, 0.5) is 0 Å². The number of likely N-dealkylation sites (N-methyl/N-ethyl adjacent to an activating group) is 1. The van der Waals surface area contributed by atoms with Crippen LogP contribution in [-0.4, -0.2) is 54.6 Å². The first-order valence-electron chi connectivity index (χ1n) is 9.38. The minimum atomic E-state index is 0.123. The number of nitrogens with zero attached hydrogens (tertiary/aromatic N) is 3. The molecule has 0 saturated carbocycles. The van der Waals surface area contributed by atoms with Crippen LogP contribution in [0.3, 0.4) is 0 Å². The quantitative estimate of drug-likeness (QED) is 0.796. The topological polar surface area (TPSA) is 19.4 Å². The lowest BCUT2D eigenvalue weighted by atomic mass is 9.93. The summed E-state index contributed by atoms with van der Waals surface area (Å²) < 4.78 is 0. The summed E-state index contributed by atoms with van der Waals surface area (Å²) in [5.74, 6) is 0. The number of hydrogen-bond acceptors (Lipinski definition) is 4. The minimum absolute atomic E-state index is 0.123. The second-order valence-corrected chi connectivity index (χ2v) is 9.09. The van der Waals surface area contributed by atoms with Gasteiger partial charge in [-0.3, -0.25) is 0 Å². The molecule has 0 atom stereocenters. The van der Waals surface area contributed by atoms with E-state index in [0.29, 0.717) is 0 Å². The van der Waals surface area contributed by atoms with E-state index in [4.69, 9.17) is 4.98 Å². The summed E-state index contributed by atoms with van der Waals surface area (Å²) in [6.45, 7) is 12.7. The molecule has 1 aromatic carbocycles. The molecule has 0 radical (unpaired) electrons. The minimum Gasteiger partial charge on any atom is -0.304 e. The molecule has 0 bridgehead atoms. The fourth-order valence-corrected chi connectivity index (χ4v) is 4.20. The molecule has 2 heterocycles. The first-order chi connectivity index (χ1) is 11.9. The highest BCUT2D eigenvalue weighted by Crippen LogP contribution is 2.29. The molecule has 1 fully saturated rings. The van der Waals surface area contributed by atoms with Gasteiger partial charge in [0.1, 0.15) is 5.01 Å². The zero-order chi connectivity index (χ0) is 17.9. The summed E-state index contributed by atoms with van der Waals surface area (Å²) in [7, 11) is 2.21. The van der Waals surface area contributed by atoms with Gasteiger partial charge in [-0.25, -0.2) is 4.98 Å². The van der Waals surface area contributed by atoms with Crippen LogP contribution in [0.25, 0.3) is 10.6 Å². The van der Waals surface area contributed by atoms with Crippen LogP contribution in [0, 0.1) is 0 Å². The number of piperazine rings is 1. The molecule has 3 nitrogen and oxygen atoms in total. The Balaban J connectivity index is 1.51. The van der Waals surface area contributed by atoms with Gasteiger partial charge < -0.3 is 9.80 Å². The molecular formula is C21H31N3S. The van der Waals surface area contributed by atoms with E-state index in [1.807, 2.05) is 0 Å². The van der Waals surface area contributed by atoms with Crippen molar-refractivity contribution in [2.75, 3.05) is 39.8 Å². The van der Waals surface area contributed by atoms with E-state index < -0.39 is 0 Å². The highest BCUT2D eigenvalue weighted by atomic mass is 32.1. The van der Waals surface area contributed by atoms with Crippen molar-refractivity contribution < 1.29 is 0 Å². The third-order valence-corrected chi connectivity index (χ3v) is 5.90. The Bertz CT molecular complexity index is 661. The molecule has 3 rings (SSSR count). The molecule has 1 aromatic heterocycles. The van der Waals surface area contributed by atoms with E-state index >= 15 is 0 Å².